The summed E-state index contributed by atoms with van der Waals surface area (Å²) >= 11 is 0. The molecule has 1 saturated heterocycles. The van der Waals surface area contributed by atoms with Crippen molar-refractivity contribution in [2.45, 2.75) is 149 Å². The van der Waals surface area contributed by atoms with Crippen LogP contribution in [0.2, 0.25) is 0 Å². The Labute approximate surface area is 279 Å². The summed E-state index contributed by atoms with van der Waals surface area (Å²) in [4.78, 5) is 49.4. The summed E-state index contributed by atoms with van der Waals surface area (Å²) in [7, 11) is 0. The SMILES string of the molecule is CC(=O)O[C@@H]([C@H]1C[C@@H](C)C2[C@H](O1)C(=O)[C@@]1(C)[C@@H]3CC[C@H]4C(C)(C)[C@@H](O[C@H](OCC=O)[C@H](O)C=O)CC[C@@]45C[C@@]35CC[C@]21C)C(C)(C)O. The van der Waals surface area contributed by atoms with Gasteiger partial charge in [0.2, 0.25) is 0 Å². The maximum Gasteiger partial charge on any atom is 0.303 e. The Morgan fingerprint density at radius 3 is 2.34 bits per heavy atom. The second-order valence-electron chi connectivity index (χ2n) is 17.7. The number of fused-ring (bicyclic) bond motifs is 4. The molecule has 0 aromatic carbocycles. The van der Waals surface area contributed by atoms with Gasteiger partial charge in [-0.2, -0.15) is 0 Å². The first-order valence-electron chi connectivity index (χ1n) is 17.8. The van der Waals surface area contributed by atoms with Gasteiger partial charge in [-0.3, -0.25) is 9.59 Å². The molecule has 0 radical (unpaired) electrons. The molecule has 10 heteroatoms. The Hall–Kier alpha value is -1.72. The molecule has 0 bridgehead atoms. The van der Waals surface area contributed by atoms with Crippen molar-refractivity contribution in [1.29, 1.82) is 0 Å². The van der Waals surface area contributed by atoms with Crippen LogP contribution in [0.1, 0.15) is 107 Å². The lowest BCUT2D eigenvalue weighted by Crippen LogP contribution is -2.59. The lowest BCUT2D eigenvalue weighted by atomic mass is 9.41. The zero-order valence-corrected chi connectivity index (χ0v) is 29.5. The second kappa shape index (κ2) is 11.4. The fraction of sp³-hybridized carbons (Fsp3) is 0.892. The lowest BCUT2D eigenvalue weighted by Gasteiger charge is -2.62. The van der Waals surface area contributed by atoms with Crippen molar-refractivity contribution in [1.82, 2.24) is 0 Å². The van der Waals surface area contributed by atoms with Crippen LogP contribution in [-0.4, -0.2) is 83.6 Å². The molecule has 0 amide bonds. The van der Waals surface area contributed by atoms with Gasteiger partial charge >= 0.3 is 5.97 Å². The molecule has 5 saturated carbocycles. The van der Waals surface area contributed by atoms with Crippen molar-refractivity contribution in [2.24, 2.45) is 50.7 Å². The minimum atomic E-state index is -1.48. The first-order valence-corrected chi connectivity index (χ1v) is 17.8. The predicted molar refractivity (Wildman–Crippen MR) is 170 cm³/mol. The number of aliphatic hydroxyl groups is 2. The van der Waals surface area contributed by atoms with E-state index in [0.717, 1.165) is 44.9 Å². The van der Waals surface area contributed by atoms with Gasteiger partial charge in [0.15, 0.2) is 30.6 Å². The summed E-state index contributed by atoms with van der Waals surface area (Å²) in [6.45, 7) is 15.5. The van der Waals surface area contributed by atoms with E-state index in [1.165, 1.54) is 6.92 Å². The highest BCUT2D eigenvalue weighted by atomic mass is 16.7. The first kappa shape index (κ1) is 35.1. The van der Waals surface area contributed by atoms with Crippen LogP contribution in [0.5, 0.6) is 0 Å². The summed E-state index contributed by atoms with van der Waals surface area (Å²) in [5, 5.41) is 21.2. The van der Waals surface area contributed by atoms with Crippen LogP contribution in [0.3, 0.4) is 0 Å². The normalized spacial score (nSPS) is 46.8. The maximum atomic E-state index is 14.9. The second-order valence-corrected chi connectivity index (χ2v) is 17.7. The van der Waals surface area contributed by atoms with Gasteiger partial charge in [-0.05, 0) is 105 Å². The fourth-order valence-electron chi connectivity index (χ4n) is 12.9. The van der Waals surface area contributed by atoms with Crippen LogP contribution in [0, 0.1) is 50.7 Å². The molecule has 6 fully saturated rings. The van der Waals surface area contributed by atoms with E-state index in [4.69, 9.17) is 18.9 Å². The molecule has 1 unspecified atom stereocenters. The van der Waals surface area contributed by atoms with Crippen LogP contribution < -0.4 is 0 Å². The van der Waals surface area contributed by atoms with E-state index in [1.807, 2.05) is 0 Å². The van der Waals surface area contributed by atoms with Crippen molar-refractivity contribution in [3.8, 4) is 0 Å². The summed E-state index contributed by atoms with van der Waals surface area (Å²) in [6, 6.07) is 0. The summed E-state index contributed by atoms with van der Waals surface area (Å²) in [5.41, 5.74) is -2.25. The van der Waals surface area contributed by atoms with Crippen LogP contribution >= 0.6 is 0 Å². The van der Waals surface area contributed by atoms with Gasteiger partial charge in [0.1, 0.15) is 19.0 Å². The van der Waals surface area contributed by atoms with Crippen molar-refractivity contribution in [3.63, 3.8) is 0 Å². The Morgan fingerprint density at radius 1 is 1.06 bits per heavy atom. The molecule has 5 aliphatic carbocycles. The van der Waals surface area contributed by atoms with Gasteiger partial charge in [-0.15, -0.1) is 0 Å². The fourth-order valence-corrected chi connectivity index (χ4v) is 12.9. The molecule has 10 nitrogen and oxygen atoms in total. The molecule has 0 aromatic heterocycles. The predicted octanol–water partition coefficient (Wildman–Crippen LogP) is 4.20. The Balaban J connectivity index is 1.27. The zero-order chi connectivity index (χ0) is 34.5. The molecule has 14 atom stereocenters. The summed E-state index contributed by atoms with van der Waals surface area (Å²) in [5.74, 6) is 0.464. The standard InChI is InChI=1S/C37H56O10/c1-20-17-23(30(33(5,6)43)45-21(2)40)46-28-27(20)34(7)13-14-37-19-36(37)12-11-26(47-31(22(41)18-39)44-16-15-38)32(3,4)24(36)9-10-25(37)35(34,8)29(28)42/h15,18,20,22-28,30-31,41,43H,9-14,16-17,19H2,1-8H3/t20-,22-,23-,24+,25+,26+,27?,28+,30+,31+,34-,35-,36-,37+/m1/s1. The number of ketones is 1. The van der Waals surface area contributed by atoms with Crippen molar-refractivity contribution < 1.29 is 48.3 Å². The zero-order valence-electron chi connectivity index (χ0n) is 29.5. The van der Waals surface area contributed by atoms with E-state index in [9.17, 15) is 29.4 Å². The number of aldehydes is 2. The molecular formula is C37H56O10. The van der Waals surface area contributed by atoms with Crippen molar-refractivity contribution >= 4 is 24.3 Å². The number of rotatable bonds is 10. The summed E-state index contributed by atoms with van der Waals surface area (Å²) < 4.78 is 24.1. The minimum Gasteiger partial charge on any atom is -0.457 e. The molecular weight excluding hydrogens is 604 g/mol. The van der Waals surface area contributed by atoms with E-state index >= 15 is 0 Å². The Kier molecular flexibility index (Phi) is 8.52. The molecule has 264 valence electrons. The molecule has 1 aliphatic heterocycles. The summed E-state index contributed by atoms with van der Waals surface area (Å²) in [6.07, 6.45) is 3.28. The Morgan fingerprint density at radius 2 is 1.72 bits per heavy atom. The topological polar surface area (TPSA) is 146 Å². The quantitative estimate of drug-likeness (QED) is 0.199. The third kappa shape index (κ3) is 4.81. The first-order chi connectivity index (χ1) is 21.9. The molecule has 6 rings (SSSR count). The van der Waals surface area contributed by atoms with E-state index in [0.29, 0.717) is 24.9 Å². The number of esters is 1. The van der Waals surface area contributed by atoms with Crippen LogP contribution in [0.25, 0.3) is 0 Å². The number of aliphatic hydroxyl groups excluding tert-OH is 1. The minimum absolute atomic E-state index is 0.0499. The van der Waals surface area contributed by atoms with Crippen molar-refractivity contribution in [3.05, 3.63) is 0 Å². The van der Waals surface area contributed by atoms with Crippen LogP contribution in [0.15, 0.2) is 0 Å². The van der Waals surface area contributed by atoms with E-state index in [1.54, 1.807) is 13.8 Å². The van der Waals surface area contributed by atoms with E-state index in [-0.39, 0.29) is 57.9 Å². The average molecular weight is 661 g/mol. The molecule has 6 aliphatic rings. The highest BCUT2D eigenvalue weighted by molar-refractivity contribution is 5.93. The highest BCUT2D eigenvalue weighted by Crippen LogP contribution is 2.89. The van der Waals surface area contributed by atoms with Crippen molar-refractivity contribution in [2.75, 3.05) is 6.61 Å². The smallest absolute Gasteiger partial charge is 0.303 e. The van der Waals surface area contributed by atoms with Gasteiger partial charge in [0.05, 0.1) is 17.8 Å². The monoisotopic (exact) mass is 660 g/mol. The number of hydrogen-bond acceptors (Lipinski definition) is 10. The van der Waals surface area contributed by atoms with Crippen LogP contribution in [-0.2, 0) is 38.1 Å². The van der Waals surface area contributed by atoms with Gasteiger partial charge in [-0.1, -0.05) is 34.6 Å². The molecule has 2 spiro atoms. The maximum absolute atomic E-state index is 14.9. The van der Waals surface area contributed by atoms with Gasteiger partial charge in [-0.25, -0.2) is 0 Å². The van der Waals surface area contributed by atoms with E-state index in [2.05, 4.69) is 34.6 Å². The van der Waals surface area contributed by atoms with Gasteiger partial charge in [0, 0.05) is 18.3 Å². The number of Topliss-reactive ketones (excluding diaryl/α,β-unsaturated/α-hetero) is 1. The average Bonchev–Trinajstić information content (AvgIpc) is 3.62. The molecule has 0 aromatic rings. The third-order valence-electron chi connectivity index (χ3n) is 14.9. The molecule has 47 heavy (non-hydrogen) atoms. The highest BCUT2D eigenvalue weighted by Gasteiger charge is 2.85. The van der Waals surface area contributed by atoms with Gasteiger partial charge in [0.25, 0.3) is 0 Å². The number of carbonyl (C=O) groups is 4. The lowest BCUT2D eigenvalue weighted by molar-refractivity contribution is -0.249. The number of ether oxygens (including phenoxy) is 4. The number of hydrogen-bond donors (Lipinski definition) is 2. The van der Waals surface area contributed by atoms with Gasteiger partial charge < -0.3 is 38.7 Å². The largest absolute Gasteiger partial charge is 0.457 e. The number of carbonyl (C=O) groups excluding carboxylic acids is 4. The third-order valence-corrected chi connectivity index (χ3v) is 14.9. The van der Waals surface area contributed by atoms with E-state index < -0.39 is 47.7 Å². The molecule has 1 heterocycles. The molecule has 2 N–H and O–H groups in total. The van der Waals surface area contributed by atoms with Crippen LogP contribution in [0.4, 0.5) is 0 Å². The Bertz CT molecular complexity index is 1290.